The van der Waals surface area contributed by atoms with Crippen LogP contribution in [0.3, 0.4) is 0 Å². The molecule has 0 aliphatic carbocycles. The van der Waals surface area contributed by atoms with Crippen molar-refractivity contribution in [1.29, 1.82) is 0 Å². The van der Waals surface area contributed by atoms with Gasteiger partial charge in [0.05, 0.1) is 5.75 Å². The zero-order valence-corrected chi connectivity index (χ0v) is 17.4. The quantitative estimate of drug-likeness (QED) is 0.587. The highest BCUT2D eigenvalue weighted by molar-refractivity contribution is 7.99. The van der Waals surface area contributed by atoms with Gasteiger partial charge in [-0.05, 0) is 25.8 Å². The van der Waals surface area contributed by atoms with Crippen molar-refractivity contribution in [3.63, 3.8) is 0 Å². The molecule has 3 aromatic rings. The Morgan fingerprint density at radius 2 is 2.04 bits per heavy atom. The van der Waals surface area contributed by atoms with Crippen molar-refractivity contribution in [2.45, 2.75) is 44.8 Å². The predicted octanol–water partition coefficient (Wildman–Crippen LogP) is 4.29. The van der Waals surface area contributed by atoms with E-state index in [9.17, 15) is 4.79 Å². The van der Waals surface area contributed by atoms with E-state index >= 15 is 0 Å². The third-order valence-electron chi connectivity index (χ3n) is 3.57. The van der Waals surface area contributed by atoms with Gasteiger partial charge in [-0.25, -0.2) is 0 Å². The van der Waals surface area contributed by atoms with Gasteiger partial charge in [0.15, 0.2) is 11.0 Å². The second-order valence-corrected chi connectivity index (χ2v) is 8.96. The number of nitrogens with one attached hydrogen (secondary N) is 1. The molecule has 1 N–H and O–H groups in total. The lowest BCUT2D eigenvalue weighted by Crippen LogP contribution is -2.15. The minimum atomic E-state index is -0.135. The van der Waals surface area contributed by atoms with Crippen LogP contribution in [0.15, 0.2) is 22.1 Å². The topological polar surface area (TPSA) is 85.6 Å². The van der Waals surface area contributed by atoms with Gasteiger partial charge in [0.2, 0.25) is 11.0 Å². The average Bonchev–Trinajstić information content (AvgIpc) is 3.32. The number of anilines is 1. The number of rotatable bonds is 7. The number of thiophene rings is 1. The van der Waals surface area contributed by atoms with Crippen molar-refractivity contribution in [3.8, 4) is 11.4 Å². The summed E-state index contributed by atoms with van der Waals surface area (Å²) in [5.74, 6) is 1.44. The van der Waals surface area contributed by atoms with Gasteiger partial charge >= 0.3 is 0 Å². The Bertz CT molecular complexity index is 869. The minimum absolute atomic E-state index is 0.135. The van der Waals surface area contributed by atoms with Crippen LogP contribution in [0.5, 0.6) is 0 Å². The summed E-state index contributed by atoms with van der Waals surface area (Å²) in [4.78, 5) is 13.4. The lowest BCUT2D eigenvalue weighted by molar-refractivity contribution is -0.113. The van der Waals surface area contributed by atoms with Crippen molar-refractivity contribution in [3.05, 3.63) is 21.8 Å². The van der Waals surface area contributed by atoms with Crippen molar-refractivity contribution >= 4 is 45.5 Å². The van der Waals surface area contributed by atoms with Crippen LogP contribution < -0.4 is 5.32 Å². The number of hydrogen-bond acceptors (Lipinski definition) is 8. The molecule has 3 aromatic heterocycles. The van der Waals surface area contributed by atoms with E-state index in [-0.39, 0.29) is 17.7 Å². The SMILES string of the molecule is CC(C)c1cc(-c2nnc(SCC(=O)Nc3nncs3)n2C(C)C)cs1. The lowest BCUT2D eigenvalue weighted by Gasteiger charge is -2.13. The number of amides is 1. The summed E-state index contributed by atoms with van der Waals surface area (Å²) >= 11 is 4.40. The molecule has 0 spiro atoms. The molecule has 0 aliphatic rings. The Kier molecular flexibility index (Phi) is 6.05. The molecule has 138 valence electrons. The first-order valence-corrected chi connectivity index (χ1v) is 10.9. The molecule has 0 atom stereocenters. The van der Waals surface area contributed by atoms with E-state index in [1.807, 2.05) is 0 Å². The van der Waals surface area contributed by atoms with Gasteiger partial charge in [-0.15, -0.1) is 31.7 Å². The van der Waals surface area contributed by atoms with Gasteiger partial charge in [0.25, 0.3) is 0 Å². The molecule has 0 aromatic carbocycles. The molecule has 7 nitrogen and oxygen atoms in total. The summed E-state index contributed by atoms with van der Waals surface area (Å²) in [5.41, 5.74) is 2.65. The third kappa shape index (κ3) is 4.30. The fourth-order valence-corrected chi connectivity index (χ4v) is 4.56. The monoisotopic (exact) mass is 408 g/mol. The molecule has 26 heavy (non-hydrogen) atoms. The molecule has 0 saturated heterocycles. The summed E-state index contributed by atoms with van der Waals surface area (Å²) in [6, 6.07) is 2.37. The fourth-order valence-electron chi connectivity index (χ4n) is 2.32. The Labute approximate surface area is 164 Å². The number of hydrogen-bond donors (Lipinski definition) is 1. The van der Waals surface area contributed by atoms with Gasteiger partial charge in [-0.1, -0.05) is 36.9 Å². The molecule has 0 radical (unpaired) electrons. The number of nitrogens with zero attached hydrogens (tertiary/aromatic N) is 5. The van der Waals surface area contributed by atoms with E-state index in [0.717, 1.165) is 16.5 Å². The zero-order chi connectivity index (χ0) is 18.7. The summed E-state index contributed by atoms with van der Waals surface area (Å²) in [6.45, 7) is 8.54. The summed E-state index contributed by atoms with van der Waals surface area (Å²) < 4.78 is 2.08. The van der Waals surface area contributed by atoms with Crippen LogP contribution in [-0.4, -0.2) is 36.6 Å². The maximum absolute atomic E-state index is 12.1. The van der Waals surface area contributed by atoms with Gasteiger partial charge in [0, 0.05) is 21.9 Å². The van der Waals surface area contributed by atoms with Crippen LogP contribution >= 0.6 is 34.4 Å². The van der Waals surface area contributed by atoms with E-state index in [1.165, 1.54) is 28.0 Å². The maximum Gasteiger partial charge on any atom is 0.236 e. The molecule has 0 fully saturated rings. The van der Waals surface area contributed by atoms with E-state index in [1.54, 1.807) is 16.8 Å². The van der Waals surface area contributed by atoms with E-state index in [2.05, 4.69) is 69.4 Å². The number of carbonyl (C=O) groups is 1. The predicted molar refractivity (Wildman–Crippen MR) is 107 cm³/mol. The van der Waals surface area contributed by atoms with Crippen molar-refractivity contribution < 1.29 is 4.79 Å². The molecular weight excluding hydrogens is 388 g/mol. The minimum Gasteiger partial charge on any atom is -0.300 e. The number of carbonyl (C=O) groups excluding carboxylic acids is 1. The van der Waals surface area contributed by atoms with Gasteiger partial charge in [0.1, 0.15) is 5.51 Å². The second kappa shape index (κ2) is 8.28. The Balaban J connectivity index is 1.75. The van der Waals surface area contributed by atoms with Crippen LogP contribution in [0, 0.1) is 0 Å². The number of aromatic nitrogens is 5. The molecular formula is C16H20N6OS3. The normalized spacial score (nSPS) is 11.5. The first-order chi connectivity index (χ1) is 12.5. The molecule has 1 amide bonds. The van der Waals surface area contributed by atoms with Crippen LogP contribution in [0.2, 0.25) is 0 Å². The second-order valence-electron chi connectivity index (χ2n) is 6.24. The van der Waals surface area contributed by atoms with Crippen molar-refractivity contribution in [1.82, 2.24) is 25.0 Å². The summed E-state index contributed by atoms with van der Waals surface area (Å²) in [5, 5.41) is 22.3. The molecule has 3 rings (SSSR count). The summed E-state index contributed by atoms with van der Waals surface area (Å²) in [6.07, 6.45) is 0. The van der Waals surface area contributed by atoms with E-state index < -0.39 is 0 Å². The zero-order valence-electron chi connectivity index (χ0n) is 15.0. The fraction of sp³-hybridized carbons (Fsp3) is 0.438. The Morgan fingerprint density at radius 1 is 1.23 bits per heavy atom. The molecule has 10 heteroatoms. The standard InChI is InChI=1S/C16H20N6OS3/c1-9(2)12-5-11(6-24-12)14-19-21-16(22(14)10(3)4)25-7-13(23)18-15-20-17-8-26-15/h5-6,8-10H,7H2,1-4H3,(H,18,20,23). The summed E-state index contributed by atoms with van der Waals surface area (Å²) in [7, 11) is 0. The lowest BCUT2D eigenvalue weighted by atomic mass is 10.1. The smallest absolute Gasteiger partial charge is 0.236 e. The molecule has 0 saturated carbocycles. The first-order valence-electron chi connectivity index (χ1n) is 8.18. The highest BCUT2D eigenvalue weighted by atomic mass is 32.2. The maximum atomic E-state index is 12.1. The van der Waals surface area contributed by atoms with Gasteiger partial charge in [-0.3, -0.25) is 14.7 Å². The van der Waals surface area contributed by atoms with Crippen LogP contribution in [0.4, 0.5) is 5.13 Å². The van der Waals surface area contributed by atoms with E-state index in [0.29, 0.717) is 11.0 Å². The largest absolute Gasteiger partial charge is 0.300 e. The van der Waals surface area contributed by atoms with Gasteiger partial charge < -0.3 is 0 Å². The van der Waals surface area contributed by atoms with Crippen molar-refractivity contribution in [2.24, 2.45) is 0 Å². The van der Waals surface area contributed by atoms with Crippen molar-refractivity contribution in [2.75, 3.05) is 11.1 Å². The first kappa shape index (κ1) is 19.0. The third-order valence-corrected chi connectivity index (χ3v) is 6.35. The van der Waals surface area contributed by atoms with Crippen LogP contribution in [0.25, 0.3) is 11.4 Å². The number of thioether (sulfide) groups is 1. The Morgan fingerprint density at radius 3 is 2.65 bits per heavy atom. The molecule has 0 unspecified atom stereocenters. The highest BCUT2D eigenvalue weighted by Gasteiger charge is 2.19. The Hall–Kier alpha value is -1.78. The van der Waals surface area contributed by atoms with Crippen LogP contribution in [-0.2, 0) is 4.79 Å². The highest BCUT2D eigenvalue weighted by Crippen LogP contribution is 2.32. The molecule has 0 bridgehead atoms. The van der Waals surface area contributed by atoms with Crippen LogP contribution in [0.1, 0.15) is 44.5 Å². The molecule has 0 aliphatic heterocycles. The molecule has 3 heterocycles. The average molecular weight is 409 g/mol. The van der Waals surface area contributed by atoms with E-state index in [4.69, 9.17) is 0 Å². The van der Waals surface area contributed by atoms with Gasteiger partial charge in [-0.2, -0.15) is 0 Å².